The van der Waals surface area contributed by atoms with E-state index in [-0.39, 0.29) is 12.1 Å². The third-order valence-corrected chi connectivity index (χ3v) is 4.49. The molecule has 3 atom stereocenters. The highest BCUT2D eigenvalue weighted by Crippen LogP contribution is 2.29. The summed E-state index contributed by atoms with van der Waals surface area (Å²) in [5.74, 6) is -0.558. The number of pyridine rings is 1. The molecule has 0 spiro atoms. The van der Waals surface area contributed by atoms with Gasteiger partial charge in [0.2, 0.25) is 0 Å². The number of rotatable bonds is 6. The maximum atomic E-state index is 15.3. The Morgan fingerprint density at radius 3 is 2.89 bits per heavy atom. The Kier molecular flexibility index (Phi) is 5.35. The highest BCUT2D eigenvalue weighted by Gasteiger charge is 2.40. The smallest absolute Gasteiger partial charge is 0.253 e. The molecule has 9 heteroatoms. The maximum absolute atomic E-state index is 15.3. The lowest BCUT2D eigenvalue weighted by atomic mass is 9.92. The number of hydrogen-bond acceptors (Lipinski definition) is 6. The van der Waals surface area contributed by atoms with Crippen LogP contribution in [-0.2, 0) is 0 Å². The van der Waals surface area contributed by atoms with Crippen LogP contribution in [-0.4, -0.2) is 43.9 Å². The van der Waals surface area contributed by atoms with E-state index >= 15 is 4.39 Å². The van der Waals surface area contributed by atoms with Crippen LogP contribution in [0.25, 0.3) is 5.52 Å². The minimum Gasteiger partial charge on any atom is -0.386 e. The lowest BCUT2D eigenvalue weighted by molar-refractivity contribution is -0.0284. The summed E-state index contributed by atoms with van der Waals surface area (Å²) in [6.07, 6.45) is 2.29. The number of nitriles is 1. The molecule has 0 aromatic carbocycles. The predicted octanol–water partition coefficient (Wildman–Crippen LogP) is 1.12. The van der Waals surface area contributed by atoms with Crippen LogP contribution in [0.2, 0.25) is 0 Å². The van der Waals surface area contributed by atoms with Crippen molar-refractivity contribution in [3.05, 3.63) is 65.7 Å². The molecule has 0 aliphatic heterocycles. The van der Waals surface area contributed by atoms with Gasteiger partial charge in [0.1, 0.15) is 17.7 Å². The summed E-state index contributed by atoms with van der Waals surface area (Å²) in [5, 5.41) is 26.1. The predicted molar refractivity (Wildman–Crippen MR) is 98.9 cm³/mol. The summed E-state index contributed by atoms with van der Waals surface area (Å²) in [6, 6.07) is 8.69. The number of nitrogens with two attached hydrogens (primary N) is 1. The summed E-state index contributed by atoms with van der Waals surface area (Å²) in [6.45, 7) is 0.917. The normalized spacial score (nSPS) is 15.4. The van der Waals surface area contributed by atoms with E-state index < -0.39 is 23.7 Å². The van der Waals surface area contributed by atoms with Crippen molar-refractivity contribution in [2.24, 2.45) is 5.73 Å². The third kappa shape index (κ3) is 3.69. The van der Waals surface area contributed by atoms with Crippen molar-refractivity contribution in [2.45, 2.75) is 24.7 Å². The van der Waals surface area contributed by atoms with E-state index in [1.807, 2.05) is 6.07 Å². The van der Waals surface area contributed by atoms with Gasteiger partial charge >= 0.3 is 0 Å². The van der Waals surface area contributed by atoms with E-state index in [0.717, 1.165) is 0 Å². The van der Waals surface area contributed by atoms with Crippen LogP contribution < -0.4 is 11.1 Å². The summed E-state index contributed by atoms with van der Waals surface area (Å²) < 4.78 is 16.7. The molecule has 28 heavy (non-hydrogen) atoms. The van der Waals surface area contributed by atoms with Gasteiger partial charge in [-0.1, -0.05) is 0 Å². The second-order valence-electron chi connectivity index (χ2n) is 6.61. The van der Waals surface area contributed by atoms with Gasteiger partial charge in [0.25, 0.3) is 5.91 Å². The lowest BCUT2D eigenvalue weighted by Gasteiger charge is -2.32. The number of aromatic nitrogens is 3. The second-order valence-corrected chi connectivity index (χ2v) is 6.61. The SMILES string of the molecule is C[C@@](O)(CN)[C@H](F)[C@H](NC(=O)c1cccnc1)c1ccc2cc(C#N)cnn12. The average molecular weight is 382 g/mol. The van der Waals surface area contributed by atoms with Crippen molar-refractivity contribution >= 4 is 11.4 Å². The monoisotopic (exact) mass is 382 g/mol. The number of nitrogens with zero attached hydrogens (tertiary/aromatic N) is 4. The number of amides is 1. The van der Waals surface area contributed by atoms with Crippen LogP contribution in [0.5, 0.6) is 0 Å². The van der Waals surface area contributed by atoms with Crippen LogP contribution in [0.4, 0.5) is 4.39 Å². The molecular weight excluding hydrogens is 363 g/mol. The van der Waals surface area contributed by atoms with Crippen molar-refractivity contribution in [3.63, 3.8) is 0 Å². The van der Waals surface area contributed by atoms with E-state index in [9.17, 15) is 9.90 Å². The molecule has 144 valence electrons. The molecule has 0 saturated carbocycles. The number of carbonyl (C=O) groups excluding carboxylic acids is 1. The van der Waals surface area contributed by atoms with Gasteiger partial charge in [-0.05, 0) is 37.3 Å². The summed E-state index contributed by atoms with van der Waals surface area (Å²) >= 11 is 0. The first-order chi connectivity index (χ1) is 13.4. The number of aliphatic hydroxyl groups is 1. The van der Waals surface area contributed by atoms with Crippen LogP contribution in [0, 0.1) is 11.3 Å². The summed E-state index contributed by atoms with van der Waals surface area (Å²) in [5.41, 5.74) is 5.08. The molecule has 8 nitrogen and oxygen atoms in total. The zero-order valence-corrected chi connectivity index (χ0v) is 15.1. The molecule has 0 saturated heterocycles. The van der Waals surface area contributed by atoms with Gasteiger partial charge < -0.3 is 16.2 Å². The largest absolute Gasteiger partial charge is 0.386 e. The second kappa shape index (κ2) is 7.72. The Balaban J connectivity index is 2.04. The molecule has 3 rings (SSSR count). The minimum atomic E-state index is -1.92. The fraction of sp³-hybridized carbons (Fsp3) is 0.263. The fourth-order valence-electron chi connectivity index (χ4n) is 2.81. The number of fused-ring (bicyclic) bond motifs is 1. The van der Waals surface area contributed by atoms with Gasteiger partial charge in [-0.15, -0.1) is 0 Å². The van der Waals surface area contributed by atoms with Crippen LogP contribution in [0.15, 0.2) is 48.9 Å². The van der Waals surface area contributed by atoms with Gasteiger partial charge in [0.15, 0.2) is 6.17 Å². The Morgan fingerprint density at radius 2 is 2.25 bits per heavy atom. The molecule has 3 heterocycles. The zero-order valence-electron chi connectivity index (χ0n) is 15.1. The molecule has 0 bridgehead atoms. The van der Waals surface area contributed by atoms with Crippen molar-refractivity contribution in [1.82, 2.24) is 19.9 Å². The van der Waals surface area contributed by atoms with Crippen LogP contribution in [0.1, 0.15) is 34.6 Å². The first kappa shape index (κ1) is 19.4. The third-order valence-electron chi connectivity index (χ3n) is 4.49. The lowest BCUT2D eigenvalue weighted by Crippen LogP contribution is -2.51. The van der Waals surface area contributed by atoms with Gasteiger partial charge in [0, 0.05) is 18.9 Å². The van der Waals surface area contributed by atoms with E-state index in [2.05, 4.69) is 15.4 Å². The quantitative estimate of drug-likeness (QED) is 0.586. The standard InChI is InChI=1S/C19H19FN6O2/c1-19(28,11-22)17(20)16(25-18(27)13-3-2-6-23-10-13)15-5-4-14-7-12(8-21)9-24-26(14)15/h2-7,9-10,16-17,28H,11,22H2,1H3,(H,25,27)/t16-,17-,19-/m1/s1. The molecular formula is C19H19FN6O2. The van der Waals surface area contributed by atoms with Crippen molar-refractivity contribution in [2.75, 3.05) is 6.54 Å². The number of nitrogens with one attached hydrogen (secondary N) is 1. The van der Waals surface area contributed by atoms with Crippen LogP contribution in [0.3, 0.4) is 0 Å². The van der Waals surface area contributed by atoms with E-state index in [0.29, 0.717) is 16.8 Å². The Hall–Kier alpha value is -3.35. The Bertz CT molecular complexity index is 1030. The molecule has 3 aromatic rings. The van der Waals surface area contributed by atoms with Crippen molar-refractivity contribution in [3.8, 4) is 6.07 Å². The summed E-state index contributed by atoms with van der Waals surface area (Å²) in [7, 11) is 0. The van der Waals surface area contributed by atoms with Gasteiger partial charge in [-0.25, -0.2) is 8.91 Å². The molecule has 0 unspecified atom stereocenters. The molecule has 0 aliphatic rings. The topological polar surface area (TPSA) is 129 Å². The Labute approximate surface area is 160 Å². The fourth-order valence-corrected chi connectivity index (χ4v) is 2.81. The molecule has 1 amide bonds. The van der Waals surface area contributed by atoms with Crippen LogP contribution >= 0.6 is 0 Å². The molecule has 0 fully saturated rings. The van der Waals surface area contributed by atoms with E-state index in [4.69, 9.17) is 11.0 Å². The van der Waals surface area contributed by atoms with E-state index in [1.54, 1.807) is 30.3 Å². The minimum absolute atomic E-state index is 0.243. The van der Waals surface area contributed by atoms with Crippen molar-refractivity contribution in [1.29, 1.82) is 5.26 Å². The highest BCUT2D eigenvalue weighted by molar-refractivity contribution is 5.94. The number of alkyl halides is 1. The average Bonchev–Trinajstić information content (AvgIpc) is 3.14. The first-order valence-corrected chi connectivity index (χ1v) is 8.52. The van der Waals surface area contributed by atoms with Gasteiger partial charge in [-0.2, -0.15) is 10.4 Å². The number of hydrogen-bond donors (Lipinski definition) is 3. The maximum Gasteiger partial charge on any atom is 0.253 e. The number of halogens is 1. The van der Waals surface area contributed by atoms with Gasteiger partial charge in [0.05, 0.1) is 28.5 Å². The summed E-state index contributed by atoms with van der Waals surface area (Å²) in [4.78, 5) is 16.5. The first-order valence-electron chi connectivity index (χ1n) is 8.52. The Morgan fingerprint density at radius 1 is 1.46 bits per heavy atom. The highest BCUT2D eigenvalue weighted by atomic mass is 19.1. The van der Waals surface area contributed by atoms with E-state index in [1.165, 1.54) is 30.0 Å². The number of carbonyl (C=O) groups is 1. The molecule has 3 aromatic heterocycles. The van der Waals surface area contributed by atoms with Gasteiger partial charge in [-0.3, -0.25) is 9.78 Å². The molecule has 4 N–H and O–H groups in total. The molecule has 0 radical (unpaired) electrons. The zero-order chi connectivity index (χ0) is 20.3. The van der Waals surface area contributed by atoms with Crippen molar-refractivity contribution < 1.29 is 14.3 Å². The molecule has 0 aliphatic carbocycles.